The molecule has 1 aliphatic rings. The molecule has 1 aliphatic heterocycles. The van der Waals surface area contributed by atoms with E-state index < -0.39 is 36.7 Å². The first kappa shape index (κ1) is 16.1. The normalized spacial score (nSPS) is 36.3. The van der Waals surface area contributed by atoms with Crippen molar-refractivity contribution in [1.82, 2.24) is 4.57 Å². The summed E-state index contributed by atoms with van der Waals surface area (Å²) >= 11 is 0. The van der Waals surface area contributed by atoms with Gasteiger partial charge in [0.05, 0.1) is 5.52 Å². The Morgan fingerprint density at radius 1 is 1.17 bits per heavy atom. The Hall–Kier alpha value is -1.75. The molecule has 9 heteroatoms. The van der Waals surface area contributed by atoms with E-state index in [1.54, 1.807) is 12.1 Å². The van der Waals surface area contributed by atoms with Crippen LogP contribution in [0.2, 0.25) is 0 Å². The second-order valence-electron chi connectivity index (χ2n) is 5.44. The number of ether oxygens (including phenoxy) is 1. The Balaban J connectivity index is 2.20. The van der Waals surface area contributed by atoms with E-state index in [9.17, 15) is 29.9 Å². The largest absolute Gasteiger partial charge is 0.506 e. The number of aromatic nitrogens is 1. The number of para-hydroxylation sites is 1. The molecule has 23 heavy (non-hydrogen) atoms. The van der Waals surface area contributed by atoms with E-state index in [-0.39, 0.29) is 11.3 Å². The van der Waals surface area contributed by atoms with Crippen LogP contribution >= 0.6 is 0 Å². The van der Waals surface area contributed by atoms with Gasteiger partial charge in [0, 0.05) is 11.6 Å². The predicted octanol–water partition coefficient (Wildman–Crippen LogP) is -1.28. The maximum atomic E-state index is 13.2. The van der Waals surface area contributed by atoms with Gasteiger partial charge in [-0.15, -0.1) is 0 Å². The molecule has 1 saturated heterocycles. The van der Waals surface area contributed by atoms with Gasteiger partial charge in [-0.2, -0.15) is 0 Å². The first-order valence-electron chi connectivity index (χ1n) is 6.82. The highest BCUT2D eigenvalue weighted by atomic mass is 19.1. The number of aromatic hydroxyl groups is 1. The lowest BCUT2D eigenvalue weighted by Crippen LogP contribution is -2.68. The first-order valence-corrected chi connectivity index (χ1v) is 6.82. The number of hydrogen-bond acceptors (Lipinski definition) is 7. The minimum absolute atomic E-state index is 0.215. The Labute approximate surface area is 129 Å². The standard InChI is InChI=1S/C14H16FNO7/c15-12(20)9-10(18)14(22,11(19)13(21)23-9)16-5-8(17)6-3-1-2-4-7(6)16/h1-5,9-13,17-22H/t9-,10+,11+,12?,13-,14-/m0/s1. The number of aliphatic hydroxyl groups excluding tert-OH is 4. The fourth-order valence-electron chi connectivity index (χ4n) is 2.89. The molecule has 0 amide bonds. The monoisotopic (exact) mass is 329 g/mol. The zero-order valence-electron chi connectivity index (χ0n) is 11.7. The smallest absolute Gasteiger partial charge is 0.225 e. The van der Waals surface area contributed by atoms with Crippen molar-refractivity contribution in [2.75, 3.05) is 0 Å². The Kier molecular flexibility index (Phi) is 3.79. The van der Waals surface area contributed by atoms with Gasteiger partial charge >= 0.3 is 0 Å². The zero-order chi connectivity index (χ0) is 16.9. The van der Waals surface area contributed by atoms with Crippen LogP contribution in [0.25, 0.3) is 10.9 Å². The van der Waals surface area contributed by atoms with E-state index in [1.807, 2.05) is 0 Å². The summed E-state index contributed by atoms with van der Waals surface area (Å²) < 4.78 is 18.7. The molecule has 8 nitrogen and oxygen atoms in total. The van der Waals surface area contributed by atoms with Crippen LogP contribution < -0.4 is 0 Å². The molecule has 1 fully saturated rings. The van der Waals surface area contributed by atoms with Crippen LogP contribution in [0, 0.1) is 0 Å². The number of nitrogens with zero attached hydrogens (tertiary/aromatic N) is 1. The number of rotatable bonds is 2. The van der Waals surface area contributed by atoms with E-state index in [4.69, 9.17) is 5.11 Å². The first-order chi connectivity index (χ1) is 10.8. The summed E-state index contributed by atoms with van der Waals surface area (Å²) in [5.41, 5.74) is -2.43. The van der Waals surface area contributed by atoms with E-state index in [0.717, 1.165) is 10.8 Å². The third kappa shape index (κ3) is 2.21. The summed E-state index contributed by atoms with van der Waals surface area (Å²) in [4.78, 5) is 0. The lowest BCUT2D eigenvalue weighted by Gasteiger charge is -2.47. The van der Waals surface area contributed by atoms with Crippen LogP contribution in [0.5, 0.6) is 5.75 Å². The molecule has 6 N–H and O–H groups in total. The van der Waals surface area contributed by atoms with Crippen molar-refractivity contribution >= 4 is 10.9 Å². The molecule has 0 aliphatic carbocycles. The molecule has 0 saturated carbocycles. The van der Waals surface area contributed by atoms with Crippen molar-refractivity contribution in [3.8, 4) is 5.75 Å². The van der Waals surface area contributed by atoms with Crippen LogP contribution in [0.1, 0.15) is 0 Å². The third-order valence-electron chi connectivity index (χ3n) is 4.10. The molecular weight excluding hydrogens is 313 g/mol. The van der Waals surface area contributed by atoms with E-state index in [1.165, 1.54) is 12.1 Å². The van der Waals surface area contributed by atoms with Gasteiger partial charge in [-0.25, -0.2) is 4.39 Å². The van der Waals surface area contributed by atoms with Gasteiger partial charge in [-0.1, -0.05) is 12.1 Å². The average molecular weight is 329 g/mol. The second kappa shape index (κ2) is 5.41. The van der Waals surface area contributed by atoms with Gasteiger partial charge < -0.3 is 39.9 Å². The minimum Gasteiger partial charge on any atom is -0.506 e. The lowest BCUT2D eigenvalue weighted by atomic mass is 9.91. The lowest BCUT2D eigenvalue weighted by molar-refractivity contribution is -0.361. The summed E-state index contributed by atoms with van der Waals surface area (Å²) in [6, 6.07) is 6.21. The van der Waals surface area contributed by atoms with Crippen molar-refractivity contribution in [1.29, 1.82) is 0 Å². The third-order valence-corrected chi connectivity index (χ3v) is 4.10. The Morgan fingerprint density at radius 2 is 1.83 bits per heavy atom. The fraction of sp³-hybridized carbons (Fsp3) is 0.429. The number of hydrogen-bond donors (Lipinski definition) is 6. The van der Waals surface area contributed by atoms with Crippen molar-refractivity contribution in [3.05, 3.63) is 30.5 Å². The van der Waals surface area contributed by atoms with Crippen LogP contribution in [0.4, 0.5) is 4.39 Å². The van der Waals surface area contributed by atoms with Gasteiger partial charge in [0.2, 0.25) is 12.1 Å². The topological polar surface area (TPSA) is 136 Å². The number of fused-ring (bicyclic) bond motifs is 1. The molecule has 2 heterocycles. The maximum absolute atomic E-state index is 13.2. The van der Waals surface area contributed by atoms with Gasteiger partial charge in [-0.05, 0) is 12.1 Å². The van der Waals surface area contributed by atoms with Crippen molar-refractivity contribution in [2.45, 2.75) is 36.7 Å². The molecule has 1 aromatic carbocycles. The quantitative estimate of drug-likeness (QED) is 0.404. The fourth-order valence-corrected chi connectivity index (χ4v) is 2.89. The van der Waals surface area contributed by atoms with E-state index in [0.29, 0.717) is 5.39 Å². The van der Waals surface area contributed by atoms with Gasteiger partial charge in [0.1, 0.15) is 18.0 Å². The average Bonchev–Trinajstić information content (AvgIpc) is 2.86. The minimum atomic E-state index is -2.71. The van der Waals surface area contributed by atoms with E-state index >= 15 is 0 Å². The summed E-state index contributed by atoms with van der Waals surface area (Å²) in [6.07, 6.45) is -9.95. The summed E-state index contributed by atoms with van der Waals surface area (Å²) in [7, 11) is 0. The van der Waals surface area contributed by atoms with Crippen LogP contribution in [-0.4, -0.2) is 66.2 Å². The highest BCUT2D eigenvalue weighted by Gasteiger charge is 2.58. The van der Waals surface area contributed by atoms with Crippen LogP contribution in [0.3, 0.4) is 0 Å². The van der Waals surface area contributed by atoms with Gasteiger partial charge in [-0.3, -0.25) is 0 Å². The Bertz CT molecular complexity index is 720. The van der Waals surface area contributed by atoms with Gasteiger partial charge in [0.15, 0.2) is 12.4 Å². The van der Waals surface area contributed by atoms with Crippen molar-refractivity contribution < 1.29 is 39.8 Å². The van der Waals surface area contributed by atoms with Crippen molar-refractivity contribution in [2.24, 2.45) is 0 Å². The number of halogens is 1. The molecule has 126 valence electrons. The molecule has 3 rings (SSSR count). The molecule has 2 aromatic rings. The molecular formula is C14H16FNO7. The highest BCUT2D eigenvalue weighted by molar-refractivity contribution is 5.86. The van der Waals surface area contributed by atoms with Crippen LogP contribution in [0.15, 0.2) is 30.5 Å². The predicted molar refractivity (Wildman–Crippen MR) is 73.8 cm³/mol. The van der Waals surface area contributed by atoms with Crippen molar-refractivity contribution in [3.63, 3.8) is 0 Å². The molecule has 6 atom stereocenters. The SMILES string of the molecule is Oc1cn([C@]2(O)[C@H](O)[C@@H](C(O)F)O[C@H](O)[C@H]2O)c2ccccc12. The molecule has 1 aromatic heterocycles. The molecule has 0 radical (unpaired) electrons. The molecule has 0 bridgehead atoms. The zero-order valence-corrected chi connectivity index (χ0v) is 11.7. The number of aliphatic hydroxyl groups is 5. The Morgan fingerprint density at radius 3 is 2.48 bits per heavy atom. The second-order valence-corrected chi connectivity index (χ2v) is 5.44. The van der Waals surface area contributed by atoms with E-state index in [2.05, 4.69) is 4.74 Å². The summed E-state index contributed by atoms with van der Waals surface area (Å²) in [5.74, 6) is -0.258. The summed E-state index contributed by atoms with van der Waals surface area (Å²) in [5, 5.41) is 60.1. The number of benzene rings is 1. The molecule has 0 spiro atoms. The molecule has 1 unspecified atom stereocenters. The highest BCUT2D eigenvalue weighted by Crippen LogP contribution is 2.39. The number of alkyl halides is 1. The van der Waals surface area contributed by atoms with Crippen LogP contribution in [-0.2, 0) is 10.5 Å². The van der Waals surface area contributed by atoms with Gasteiger partial charge in [0.25, 0.3) is 0 Å². The maximum Gasteiger partial charge on any atom is 0.225 e. The summed E-state index contributed by atoms with van der Waals surface area (Å²) in [6.45, 7) is 0.